The fourth-order valence-corrected chi connectivity index (χ4v) is 1.33. The number of hydrazine groups is 2. The zero-order valence-electron chi connectivity index (χ0n) is 9.68. The van der Waals surface area contributed by atoms with Gasteiger partial charge in [-0.05, 0) is 24.3 Å². The number of rotatable bonds is 4. The minimum Gasteiger partial charge on any atom is -0.297 e. The molecule has 0 atom stereocenters. The van der Waals surface area contributed by atoms with Gasteiger partial charge in [0.05, 0.1) is 11.4 Å². The zero-order valence-corrected chi connectivity index (χ0v) is 9.68. The van der Waals surface area contributed by atoms with Gasteiger partial charge in [0, 0.05) is 0 Å². The summed E-state index contributed by atoms with van der Waals surface area (Å²) in [6, 6.07) is 18.4. The summed E-state index contributed by atoms with van der Waals surface area (Å²) in [5.74, 6) is 0. The number of urea groups is 1. The second-order valence-corrected chi connectivity index (χ2v) is 3.56. The van der Waals surface area contributed by atoms with Gasteiger partial charge in [0.1, 0.15) is 0 Å². The molecule has 2 amide bonds. The van der Waals surface area contributed by atoms with E-state index in [0.29, 0.717) is 0 Å². The van der Waals surface area contributed by atoms with Crippen LogP contribution in [0, 0.1) is 0 Å². The lowest BCUT2D eigenvalue weighted by Crippen LogP contribution is -2.41. The topological polar surface area (TPSA) is 65.2 Å². The van der Waals surface area contributed by atoms with E-state index in [1.54, 1.807) is 0 Å². The predicted octanol–water partition coefficient (Wildman–Crippen LogP) is 2.34. The van der Waals surface area contributed by atoms with Crippen LogP contribution in [0.1, 0.15) is 0 Å². The minimum atomic E-state index is -0.372. The van der Waals surface area contributed by atoms with Crippen LogP contribution in [0.15, 0.2) is 60.7 Å². The molecule has 0 fully saturated rings. The van der Waals surface area contributed by atoms with Crippen molar-refractivity contribution >= 4 is 17.4 Å². The quantitative estimate of drug-likeness (QED) is 0.622. The SMILES string of the molecule is O=C(NNc1ccccc1)NNc1ccccc1. The van der Waals surface area contributed by atoms with E-state index in [0.717, 1.165) is 11.4 Å². The number of nitrogens with one attached hydrogen (secondary N) is 4. The van der Waals surface area contributed by atoms with Crippen LogP contribution < -0.4 is 21.7 Å². The van der Waals surface area contributed by atoms with Gasteiger partial charge >= 0.3 is 6.03 Å². The molecule has 0 heterocycles. The lowest BCUT2D eigenvalue weighted by Gasteiger charge is -2.11. The van der Waals surface area contributed by atoms with Crippen LogP contribution in [-0.4, -0.2) is 6.03 Å². The van der Waals surface area contributed by atoms with E-state index >= 15 is 0 Å². The van der Waals surface area contributed by atoms with Gasteiger partial charge in [-0.25, -0.2) is 4.79 Å². The Labute approximate surface area is 105 Å². The van der Waals surface area contributed by atoms with Crippen LogP contribution in [0.25, 0.3) is 0 Å². The molecule has 2 aromatic rings. The Hall–Kier alpha value is -2.69. The molecular formula is C13H14N4O. The van der Waals surface area contributed by atoms with Crippen LogP contribution in [0.2, 0.25) is 0 Å². The van der Waals surface area contributed by atoms with Gasteiger partial charge in [-0.1, -0.05) is 36.4 Å². The number of para-hydroxylation sites is 2. The first-order valence-corrected chi connectivity index (χ1v) is 5.53. The van der Waals surface area contributed by atoms with Gasteiger partial charge in [-0.15, -0.1) is 0 Å². The molecule has 0 aliphatic rings. The maximum atomic E-state index is 11.4. The van der Waals surface area contributed by atoms with E-state index in [4.69, 9.17) is 0 Å². The molecule has 0 spiro atoms. The van der Waals surface area contributed by atoms with Gasteiger partial charge in [-0.2, -0.15) is 0 Å². The van der Waals surface area contributed by atoms with Gasteiger partial charge < -0.3 is 0 Å². The van der Waals surface area contributed by atoms with Crippen LogP contribution in [0.3, 0.4) is 0 Å². The average Bonchev–Trinajstić information content (AvgIpc) is 2.45. The van der Waals surface area contributed by atoms with Crippen molar-refractivity contribution in [1.29, 1.82) is 0 Å². The number of hydrogen-bond donors (Lipinski definition) is 4. The summed E-state index contributed by atoms with van der Waals surface area (Å²) in [6.07, 6.45) is 0. The summed E-state index contributed by atoms with van der Waals surface area (Å²) in [5.41, 5.74) is 12.2. The smallest absolute Gasteiger partial charge is 0.297 e. The lowest BCUT2D eigenvalue weighted by molar-refractivity contribution is 0.244. The Morgan fingerprint density at radius 3 is 1.44 bits per heavy atom. The Kier molecular flexibility index (Phi) is 4.02. The highest BCUT2D eigenvalue weighted by Gasteiger charge is 1.98. The van der Waals surface area contributed by atoms with Gasteiger partial charge in [0.15, 0.2) is 0 Å². The molecule has 0 aromatic heterocycles. The average molecular weight is 242 g/mol. The van der Waals surface area contributed by atoms with Crippen molar-refractivity contribution < 1.29 is 4.79 Å². The second kappa shape index (κ2) is 6.15. The maximum absolute atomic E-state index is 11.4. The van der Waals surface area contributed by atoms with Crippen molar-refractivity contribution in [3.05, 3.63) is 60.7 Å². The first-order chi connectivity index (χ1) is 8.84. The van der Waals surface area contributed by atoms with E-state index in [2.05, 4.69) is 21.7 Å². The van der Waals surface area contributed by atoms with Crippen molar-refractivity contribution in [2.75, 3.05) is 10.9 Å². The third-order valence-electron chi connectivity index (χ3n) is 2.19. The van der Waals surface area contributed by atoms with E-state index in [9.17, 15) is 4.79 Å². The summed E-state index contributed by atoms with van der Waals surface area (Å²) in [5, 5.41) is 0. The first kappa shape index (κ1) is 11.8. The van der Waals surface area contributed by atoms with E-state index in [1.165, 1.54) is 0 Å². The highest BCUT2D eigenvalue weighted by molar-refractivity contribution is 5.76. The van der Waals surface area contributed by atoms with Gasteiger partial charge in [0.2, 0.25) is 0 Å². The van der Waals surface area contributed by atoms with Crippen molar-refractivity contribution in [3.8, 4) is 0 Å². The van der Waals surface area contributed by atoms with Crippen molar-refractivity contribution in [2.24, 2.45) is 0 Å². The normalized spacial score (nSPS) is 9.33. The zero-order chi connectivity index (χ0) is 12.6. The molecule has 5 nitrogen and oxygen atoms in total. The Morgan fingerprint density at radius 2 is 1.06 bits per heavy atom. The Morgan fingerprint density at radius 1 is 0.667 bits per heavy atom. The number of anilines is 2. The molecule has 5 heteroatoms. The molecule has 2 rings (SSSR count). The fourth-order valence-electron chi connectivity index (χ4n) is 1.33. The largest absolute Gasteiger partial charge is 0.352 e. The second-order valence-electron chi connectivity index (χ2n) is 3.56. The summed E-state index contributed by atoms with van der Waals surface area (Å²) in [7, 11) is 0. The number of hydrogen-bond acceptors (Lipinski definition) is 3. The Balaban J connectivity index is 1.73. The highest BCUT2D eigenvalue weighted by Crippen LogP contribution is 2.03. The number of carbonyl (C=O) groups excluding carboxylic acids is 1. The number of amides is 2. The first-order valence-electron chi connectivity index (χ1n) is 5.53. The minimum absolute atomic E-state index is 0.372. The highest BCUT2D eigenvalue weighted by atomic mass is 16.2. The van der Waals surface area contributed by atoms with Crippen molar-refractivity contribution in [3.63, 3.8) is 0 Å². The number of benzene rings is 2. The van der Waals surface area contributed by atoms with Crippen LogP contribution >= 0.6 is 0 Å². The van der Waals surface area contributed by atoms with Gasteiger partial charge in [0.25, 0.3) is 0 Å². The van der Waals surface area contributed by atoms with Crippen molar-refractivity contribution in [1.82, 2.24) is 10.9 Å². The Bertz CT molecular complexity index is 441. The molecular weight excluding hydrogens is 228 g/mol. The summed E-state index contributed by atoms with van der Waals surface area (Å²) in [4.78, 5) is 11.4. The molecule has 18 heavy (non-hydrogen) atoms. The van der Waals surface area contributed by atoms with E-state index < -0.39 is 0 Å². The third-order valence-corrected chi connectivity index (χ3v) is 2.19. The summed E-state index contributed by atoms with van der Waals surface area (Å²) >= 11 is 0. The van der Waals surface area contributed by atoms with Crippen molar-refractivity contribution in [2.45, 2.75) is 0 Å². The van der Waals surface area contributed by atoms with E-state index in [1.807, 2.05) is 60.7 Å². The molecule has 0 aliphatic heterocycles. The lowest BCUT2D eigenvalue weighted by atomic mass is 10.3. The standard InChI is InChI=1S/C13H14N4O/c18-13(16-14-11-7-3-1-4-8-11)17-15-12-9-5-2-6-10-12/h1-10,14-15H,(H2,16,17,18). The molecule has 0 radical (unpaired) electrons. The van der Waals surface area contributed by atoms with Crippen LogP contribution in [0.4, 0.5) is 16.2 Å². The van der Waals surface area contributed by atoms with E-state index in [-0.39, 0.29) is 6.03 Å². The molecule has 0 saturated heterocycles. The molecule has 0 aliphatic carbocycles. The molecule has 0 bridgehead atoms. The molecule has 0 saturated carbocycles. The molecule has 0 unspecified atom stereocenters. The molecule has 2 aromatic carbocycles. The van der Waals surface area contributed by atoms with Gasteiger partial charge in [-0.3, -0.25) is 21.7 Å². The number of carbonyl (C=O) groups is 1. The van der Waals surface area contributed by atoms with Crippen LogP contribution in [0.5, 0.6) is 0 Å². The molecule has 92 valence electrons. The monoisotopic (exact) mass is 242 g/mol. The predicted molar refractivity (Wildman–Crippen MR) is 71.8 cm³/mol. The fraction of sp³-hybridized carbons (Fsp3) is 0. The van der Waals surface area contributed by atoms with Crippen LogP contribution in [-0.2, 0) is 0 Å². The molecule has 4 N–H and O–H groups in total. The summed E-state index contributed by atoms with van der Waals surface area (Å²) < 4.78 is 0. The summed E-state index contributed by atoms with van der Waals surface area (Å²) in [6.45, 7) is 0. The maximum Gasteiger partial charge on any atom is 0.352 e. The third kappa shape index (κ3) is 3.71.